The smallest absolute Gasteiger partial charge is 0.0420 e. The summed E-state index contributed by atoms with van der Waals surface area (Å²) in [5.41, 5.74) is 0. The van der Waals surface area contributed by atoms with Crippen LogP contribution in [0.2, 0.25) is 0 Å². The van der Waals surface area contributed by atoms with Crippen LogP contribution in [0.4, 0.5) is 0 Å². The van der Waals surface area contributed by atoms with Crippen LogP contribution in [-0.2, 0) is 0 Å². The monoisotopic (exact) mass is 144 g/mol. The molecule has 0 N–H and O–H groups in total. The maximum absolute atomic E-state index is 3.84. The summed E-state index contributed by atoms with van der Waals surface area (Å²) in [7, 11) is 0. The van der Waals surface area contributed by atoms with Crippen molar-refractivity contribution >= 4 is 23.5 Å². The van der Waals surface area contributed by atoms with Gasteiger partial charge in [0.1, 0.15) is 0 Å². The first kappa shape index (κ1) is 6.30. The van der Waals surface area contributed by atoms with Crippen molar-refractivity contribution in [1.82, 2.24) is 0 Å². The fraction of sp³-hybridized carbons (Fsp3) is 0.333. The van der Waals surface area contributed by atoms with Crippen LogP contribution < -0.4 is 0 Å². The zero-order valence-electron chi connectivity index (χ0n) is 5.02. The van der Waals surface area contributed by atoms with Crippen molar-refractivity contribution in [3.05, 3.63) is 20.6 Å². The van der Waals surface area contributed by atoms with Gasteiger partial charge in [-0.3, -0.25) is 0 Å². The van der Waals surface area contributed by atoms with Gasteiger partial charge in [-0.15, -0.1) is 0 Å². The maximum atomic E-state index is 3.84. The van der Waals surface area contributed by atoms with Gasteiger partial charge < -0.3 is 0 Å². The predicted octanol–water partition coefficient (Wildman–Crippen LogP) is 3.19. The molecule has 0 radical (unpaired) electrons. The normalized spacial score (nSPS) is 20.5. The lowest BCUT2D eigenvalue weighted by Gasteiger charge is -1.84. The summed E-state index contributed by atoms with van der Waals surface area (Å²) < 4.78 is 1.21. The van der Waals surface area contributed by atoms with E-state index < -0.39 is 0 Å². The second-order valence-corrected chi connectivity index (χ2v) is 4.57. The van der Waals surface area contributed by atoms with E-state index in [4.69, 9.17) is 0 Å². The van der Waals surface area contributed by atoms with Crippen molar-refractivity contribution in [1.29, 1.82) is 0 Å². The summed E-state index contributed by atoms with van der Waals surface area (Å²) in [5, 5.41) is 0. The topological polar surface area (TPSA) is 0 Å². The van der Waals surface area contributed by atoms with Gasteiger partial charge in [-0.25, -0.2) is 0 Å². The van der Waals surface area contributed by atoms with Crippen molar-refractivity contribution in [3.8, 4) is 0 Å². The zero-order valence-corrected chi connectivity index (χ0v) is 6.66. The molecule has 0 aromatic heterocycles. The molecule has 0 spiro atoms. The molecule has 1 rings (SSSR count). The Kier molecular flexibility index (Phi) is 1.73. The zero-order chi connectivity index (χ0) is 6.15. The SMILES string of the molecule is C=C1SC(C)=C(C)S1. The molecule has 2 heteroatoms. The van der Waals surface area contributed by atoms with E-state index in [-0.39, 0.29) is 0 Å². The summed E-state index contributed by atoms with van der Waals surface area (Å²) >= 11 is 3.55. The third-order valence-corrected chi connectivity index (χ3v) is 3.34. The Balaban J connectivity index is 2.73. The predicted molar refractivity (Wildman–Crippen MR) is 42.7 cm³/mol. The van der Waals surface area contributed by atoms with Gasteiger partial charge in [0.2, 0.25) is 0 Å². The highest BCUT2D eigenvalue weighted by Crippen LogP contribution is 2.47. The number of rotatable bonds is 0. The van der Waals surface area contributed by atoms with E-state index in [1.54, 1.807) is 23.5 Å². The minimum Gasteiger partial charge on any atom is -0.0873 e. The molecule has 0 atom stereocenters. The van der Waals surface area contributed by atoms with Crippen molar-refractivity contribution in [2.75, 3.05) is 0 Å². The summed E-state index contributed by atoms with van der Waals surface area (Å²) in [6.07, 6.45) is 0. The lowest BCUT2D eigenvalue weighted by atomic mass is 10.6. The molecule has 0 aromatic carbocycles. The van der Waals surface area contributed by atoms with Gasteiger partial charge in [-0.1, -0.05) is 30.1 Å². The maximum Gasteiger partial charge on any atom is 0.0420 e. The number of thioether (sulfide) groups is 2. The van der Waals surface area contributed by atoms with Crippen molar-refractivity contribution in [2.45, 2.75) is 13.8 Å². The first-order valence-electron chi connectivity index (χ1n) is 2.42. The molecule has 0 aromatic rings. The Labute approximate surface area is 58.4 Å². The molecule has 1 aliphatic rings. The van der Waals surface area contributed by atoms with Gasteiger partial charge in [0.05, 0.1) is 0 Å². The first-order chi connectivity index (χ1) is 3.70. The van der Waals surface area contributed by atoms with Crippen LogP contribution in [0.5, 0.6) is 0 Å². The van der Waals surface area contributed by atoms with Crippen LogP contribution in [0.25, 0.3) is 0 Å². The van der Waals surface area contributed by atoms with Crippen LogP contribution in [0, 0.1) is 0 Å². The number of hydrogen-bond acceptors (Lipinski definition) is 2. The number of allylic oxidation sites excluding steroid dienone is 2. The molecule has 0 saturated heterocycles. The van der Waals surface area contributed by atoms with Crippen LogP contribution in [0.3, 0.4) is 0 Å². The Morgan fingerprint density at radius 3 is 1.62 bits per heavy atom. The average Bonchev–Trinajstić information content (AvgIpc) is 1.85. The highest BCUT2D eigenvalue weighted by molar-refractivity contribution is 8.28. The summed E-state index contributed by atoms with van der Waals surface area (Å²) in [5.74, 6) is 0. The van der Waals surface area contributed by atoms with Gasteiger partial charge in [-0.05, 0) is 23.7 Å². The minimum atomic E-state index is 1.21. The quantitative estimate of drug-likeness (QED) is 0.512. The average molecular weight is 144 g/mol. The van der Waals surface area contributed by atoms with E-state index in [1.165, 1.54) is 14.0 Å². The largest absolute Gasteiger partial charge is 0.0873 e. The van der Waals surface area contributed by atoms with E-state index in [1.807, 2.05) is 0 Å². The van der Waals surface area contributed by atoms with Crippen LogP contribution >= 0.6 is 23.5 Å². The summed E-state index contributed by atoms with van der Waals surface area (Å²) in [6.45, 7) is 8.10. The molecular weight excluding hydrogens is 136 g/mol. The van der Waals surface area contributed by atoms with E-state index in [0.29, 0.717) is 0 Å². The van der Waals surface area contributed by atoms with Gasteiger partial charge in [-0.2, -0.15) is 0 Å². The van der Waals surface area contributed by atoms with Gasteiger partial charge in [0.25, 0.3) is 0 Å². The lowest BCUT2D eigenvalue weighted by Crippen LogP contribution is -1.58. The molecule has 0 unspecified atom stereocenters. The second-order valence-electron chi connectivity index (χ2n) is 1.69. The van der Waals surface area contributed by atoms with Gasteiger partial charge >= 0.3 is 0 Å². The molecule has 44 valence electrons. The molecule has 0 amide bonds. The molecule has 0 aliphatic carbocycles. The Bertz CT molecular complexity index is 140. The minimum absolute atomic E-state index is 1.21. The summed E-state index contributed by atoms with van der Waals surface area (Å²) in [6, 6.07) is 0. The number of hydrogen-bond donors (Lipinski definition) is 0. The van der Waals surface area contributed by atoms with E-state index >= 15 is 0 Å². The molecule has 0 nitrogen and oxygen atoms in total. The Morgan fingerprint density at radius 2 is 1.50 bits per heavy atom. The molecule has 1 aliphatic heterocycles. The van der Waals surface area contributed by atoms with Gasteiger partial charge in [0, 0.05) is 4.24 Å². The van der Waals surface area contributed by atoms with E-state index in [2.05, 4.69) is 20.4 Å². The van der Waals surface area contributed by atoms with Crippen LogP contribution in [-0.4, -0.2) is 0 Å². The second kappa shape index (κ2) is 2.19. The molecule has 0 fully saturated rings. The third kappa shape index (κ3) is 1.12. The van der Waals surface area contributed by atoms with Gasteiger partial charge in [0.15, 0.2) is 0 Å². The fourth-order valence-corrected chi connectivity index (χ4v) is 2.64. The molecule has 0 saturated carbocycles. The fourth-order valence-electron chi connectivity index (χ4n) is 0.506. The third-order valence-electron chi connectivity index (χ3n) is 1.03. The van der Waals surface area contributed by atoms with Crippen LogP contribution in [0.15, 0.2) is 20.6 Å². The molecule has 0 bridgehead atoms. The first-order valence-corrected chi connectivity index (χ1v) is 4.05. The van der Waals surface area contributed by atoms with Crippen LogP contribution in [0.1, 0.15) is 13.8 Å². The standard InChI is InChI=1S/C6H8S2/c1-4-5(2)8-6(3)7-4/h3H2,1-2H3. The molecule has 8 heavy (non-hydrogen) atoms. The highest BCUT2D eigenvalue weighted by Gasteiger charge is 2.10. The Morgan fingerprint density at radius 1 is 1.12 bits per heavy atom. The summed E-state index contributed by atoms with van der Waals surface area (Å²) in [4.78, 5) is 2.81. The van der Waals surface area contributed by atoms with Crippen molar-refractivity contribution in [2.24, 2.45) is 0 Å². The Hall–Kier alpha value is 0.180. The van der Waals surface area contributed by atoms with E-state index in [9.17, 15) is 0 Å². The molecular formula is C6H8S2. The van der Waals surface area contributed by atoms with E-state index in [0.717, 1.165) is 0 Å². The lowest BCUT2D eigenvalue weighted by molar-refractivity contribution is 1.57. The molecule has 1 heterocycles. The van der Waals surface area contributed by atoms with Crippen molar-refractivity contribution in [3.63, 3.8) is 0 Å². The highest BCUT2D eigenvalue weighted by atomic mass is 32.2. The van der Waals surface area contributed by atoms with Crippen molar-refractivity contribution < 1.29 is 0 Å².